The molecule has 0 saturated carbocycles. The summed E-state index contributed by atoms with van der Waals surface area (Å²) in [5.74, 6) is -1.01. The van der Waals surface area contributed by atoms with Crippen molar-refractivity contribution in [2.45, 2.75) is 25.5 Å². The van der Waals surface area contributed by atoms with Crippen molar-refractivity contribution in [3.05, 3.63) is 22.2 Å². The molecular weight excluding hydrogens is 301 g/mol. The zero-order valence-corrected chi connectivity index (χ0v) is 11.4. The molecule has 0 spiro atoms. The monoisotopic (exact) mass is 315 g/mol. The number of benzene rings is 1. The van der Waals surface area contributed by atoms with Crippen LogP contribution in [0.25, 0.3) is 0 Å². The van der Waals surface area contributed by atoms with Gasteiger partial charge >= 0.3 is 0 Å². The van der Waals surface area contributed by atoms with E-state index in [2.05, 4.69) is 21.2 Å². The van der Waals surface area contributed by atoms with Gasteiger partial charge in [0.1, 0.15) is 6.23 Å². The Morgan fingerprint density at radius 1 is 1.50 bits per heavy atom. The molecule has 1 fully saturated rings. The molecule has 1 aliphatic rings. The second-order valence-electron chi connectivity index (χ2n) is 4.23. The average molecular weight is 316 g/mol. The van der Waals surface area contributed by atoms with Gasteiger partial charge in [0.05, 0.1) is 5.56 Å². The van der Waals surface area contributed by atoms with E-state index in [-0.39, 0.29) is 11.8 Å². The van der Waals surface area contributed by atoms with Crippen molar-refractivity contribution >= 4 is 33.3 Å². The van der Waals surface area contributed by atoms with Crippen LogP contribution in [0, 0.1) is 5.41 Å². The second kappa shape index (κ2) is 5.67. The first-order valence-corrected chi connectivity index (χ1v) is 6.59. The van der Waals surface area contributed by atoms with E-state index in [4.69, 9.17) is 15.9 Å². The van der Waals surface area contributed by atoms with Crippen molar-refractivity contribution in [2.75, 3.05) is 17.7 Å². The zero-order valence-electron chi connectivity index (χ0n) is 9.80. The fourth-order valence-electron chi connectivity index (χ4n) is 1.92. The summed E-state index contributed by atoms with van der Waals surface area (Å²) in [7, 11) is 0. The van der Waals surface area contributed by atoms with Crippen LogP contribution in [-0.2, 0) is 4.74 Å². The number of nitrogen functional groups attached to an aromatic ring is 1. The summed E-state index contributed by atoms with van der Waals surface area (Å²) in [6.07, 6.45) is 2.87. The van der Waals surface area contributed by atoms with E-state index >= 15 is 0 Å². The van der Waals surface area contributed by atoms with Gasteiger partial charge in [-0.3, -0.25) is 5.41 Å². The van der Waals surface area contributed by atoms with Gasteiger partial charge in [-0.1, -0.05) is 0 Å². The molecule has 0 bridgehead atoms. The zero-order chi connectivity index (χ0) is 13.1. The standard InChI is InChI=1S/C12H15BrFN3O/c13-8-6-10(7(12(14)16)5-9(8)15)17-11-3-1-2-4-18-11/h5-6,11,16-17H,1-4,15H2. The largest absolute Gasteiger partial charge is 0.398 e. The summed E-state index contributed by atoms with van der Waals surface area (Å²) in [5, 5.41) is 10.3. The van der Waals surface area contributed by atoms with Crippen molar-refractivity contribution in [1.82, 2.24) is 0 Å². The lowest BCUT2D eigenvalue weighted by Crippen LogP contribution is -2.27. The van der Waals surface area contributed by atoms with Gasteiger partial charge < -0.3 is 15.8 Å². The Hall–Kier alpha value is -1.14. The van der Waals surface area contributed by atoms with E-state index in [9.17, 15) is 4.39 Å². The van der Waals surface area contributed by atoms with Crippen LogP contribution >= 0.6 is 15.9 Å². The molecule has 6 heteroatoms. The number of hydrogen-bond donors (Lipinski definition) is 3. The minimum atomic E-state index is -1.01. The molecule has 2 rings (SSSR count). The van der Waals surface area contributed by atoms with Crippen LogP contribution < -0.4 is 11.1 Å². The normalized spacial score (nSPS) is 19.6. The summed E-state index contributed by atoms with van der Waals surface area (Å²) in [6.45, 7) is 0.705. The summed E-state index contributed by atoms with van der Waals surface area (Å²) in [5.41, 5.74) is 6.78. The molecule has 4 nitrogen and oxygen atoms in total. The van der Waals surface area contributed by atoms with Gasteiger partial charge in [-0.15, -0.1) is 0 Å². The van der Waals surface area contributed by atoms with Crippen LogP contribution in [0.3, 0.4) is 0 Å². The number of rotatable bonds is 3. The van der Waals surface area contributed by atoms with E-state index in [0.29, 0.717) is 22.5 Å². The third kappa shape index (κ3) is 3.00. The highest BCUT2D eigenvalue weighted by Gasteiger charge is 2.17. The lowest BCUT2D eigenvalue weighted by Gasteiger charge is -2.25. The molecule has 0 aromatic heterocycles. The third-order valence-electron chi connectivity index (χ3n) is 2.87. The quantitative estimate of drug-likeness (QED) is 0.592. The van der Waals surface area contributed by atoms with E-state index < -0.39 is 5.97 Å². The highest BCUT2D eigenvalue weighted by molar-refractivity contribution is 9.10. The topological polar surface area (TPSA) is 71.1 Å². The number of ether oxygens (including phenoxy) is 1. The number of hydrogen-bond acceptors (Lipinski definition) is 4. The minimum absolute atomic E-state index is 0.132. The van der Waals surface area contributed by atoms with Gasteiger partial charge in [0.2, 0.25) is 5.97 Å². The fourth-order valence-corrected chi connectivity index (χ4v) is 2.26. The Kier molecular flexibility index (Phi) is 4.19. The first-order valence-electron chi connectivity index (χ1n) is 5.79. The first kappa shape index (κ1) is 13.3. The van der Waals surface area contributed by atoms with Gasteiger partial charge in [-0.25, -0.2) is 0 Å². The van der Waals surface area contributed by atoms with Crippen LogP contribution in [0.1, 0.15) is 24.8 Å². The molecule has 0 amide bonds. The van der Waals surface area contributed by atoms with Crippen LogP contribution in [0.4, 0.5) is 15.8 Å². The molecule has 1 aromatic carbocycles. The Balaban J connectivity index is 2.24. The van der Waals surface area contributed by atoms with E-state index in [0.717, 1.165) is 19.3 Å². The van der Waals surface area contributed by atoms with Crippen molar-refractivity contribution in [3.63, 3.8) is 0 Å². The highest BCUT2D eigenvalue weighted by atomic mass is 79.9. The molecule has 1 aliphatic heterocycles. The molecule has 1 aromatic rings. The number of nitrogens with one attached hydrogen (secondary N) is 2. The predicted octanol–water partition coefficient (Wildman–Crippen LogP) is 3.26. The highest BCUT2D eigenvalue weighted by Crippen LogP contribution is 2.29. The summed E-state index contributed by atoms with van der Waals surface area (Å²) >= 11 is 3.30. The summed E-state index contributed by atoms with van der Waals surface area (Å²) in [6, 6.07) is 3.12. The SMILES string of the molecule is N=C(F)c1cc(N)c(Br)cc1NC1CCCCO1. The van der Waals surface area contributed by atoms with Gasteiger partial charge in [0.25, 0.3) is 0 Å². The Labute approximate surface area is 113 Å². The summed E-state index contributed by atoms with van der Waals surface area (Å²) < 4.78 is 19.4. The molecule has 4 N–H and O–H groups in total. The molecule has 18 heavy (non-hydrogen) atoms. The maximum absolute atomic E-state index is 13.2. The van der Waals surface area contributed by atoms with Crippen molar-refractivity contribution in [1.29, 1.82) is 5.41 Å². The smallest absolute Gasteiger partial charge is 0.214 e. The van der Waals surface area contributed by atoms with Crippen molar-refractivity contribution < 1.29 is 9.13 Å². The molecule has 98 valence electrons. The molecule has 1 atom stereocenters. The van der Waals surface area contributed by atoms with Crippen LogP contribution in [0.2, 0.25) is 0 Å². The molecule has 0 aliphatic carbocycles. The number of anilines is 2. The van der Waals surface area contributed by atoms with Crippen molar-refractivity contribution in [3.8, 4) is 0 Å². The molecule has 1 saturated heterocycles. The lowest BCUT2D eigenvalue weighted by molar-refractivity contribution is 0.0343. The molecule has 1 heterocycles. The number of nitrogens with two attached hydrogens (primary N) is 1. The Bertz CT molecular complexity index is 461. The van der Waals surface area contributed by atoms with Crippen LogP contribution in [0.15, 0.2) is 16.6 Å². The van der Waals surface area contributed by atoms with Crippen molar-refractivity contribution in [2.24, 2.45) is 0 Å². The average Bonchev–Trinajstić information content (AvgIpc) is 2.34. The predicted molar refractivity (Wildman–Crippen MR) is 73.7 cm³/mol. The van der Waals surface area contributed by atoms with Gasteiger partial charge in [0.15, 0.2) is 0 Å². The van der Waals surface area contributed by atoms with Gasteiger partial charge in [-0.2, -0.15) is 4.39 Å². The van der Waals surface area contributed by atoms with Gasteiger partial charge in [-0.05, 0) is 47.3 Å². The van der Waals surface area contributed by atoms with E-state index in [1.54, 1.807) is 6.07 Å². The Morgan fingerprint density at radius 3 is 2.89 bits per heavy atom. The maximum atomic E-state index is 13.2. The molecule has 1 unspecified atom stereocenters. The second-order valence-corrected chi connectivity index (χ2v) is 5.09. The Morgan fingerprint density at radius 2 is 2.28 bits per heavy atom. The van der Waals surface area contributed by atoms with E-state index in [1.807, 2.05) is 0 Å². The third-order valence-corrected chi connectivity index (χ3v) is 3.56. The lowest BCUT2D eigenvalue weighted by atomic mass is 10.1. The van der Waals surface area contributed by atoms with E-state index in [1.165, 1.54) is 6.07 Å². The van der Waals surface area contributed by atoms with Gasteiger partial charge in [0, 0.05) is 22.5 Å². The molecule has 0 radical (unpaired) electrons. The van der Waals surface area contributed by atoms with Crippen LogP contribution in [0.5, 0.6) is 0 Å². The van der Waals surface area contributed by atoms with Crippen LogP contribution in [-0.4, -0.2) is 18.8 Å². The number of halogens is 2. The fraction of sp³-hybridized carbons (Fsp3) is 0.417. The summed E-state index contributed by atoms with van der Waals surface area (Å²) in [4.78, 5) is 0. The molecular formula is C12H15BrFN3O. The maximum Gasteiger partial charge on any atom is 0.214 e. The first-order chi connectivity index (χ1) is 8.58. The minimum Gasteiger partial charge on any atom is -0.398 e.